The molecule has 11 heteroatoms. The minimum Gasteiger partial charge on any atom is -0.325 e. The smallest absolute Gasteiger partial charge is 0.325 e. The number of hydrogen-bond donors (Lipinski definition) is 3. The molecule has 1 aliphatic heterocycles. The van der Waals surface area contributed by atoms with Crippen LogP contribution in [0.1, 0.15) is 35.7 Å². The summed E-state index contributed by atoms with van der Waals surface area (Å²) in [4.78, 5) is 50.7. The van der Waals surface area contributed by atoms with Crippen LogP contribution in [0.3, 0.4) is 0 Å². The number of amides is 5. The second kappa shape index (κ2) is 8.47. The molecular formula is C23H21F3N4O4. The lowest BCUT2D eigenvalue weighted by molar-refractivity contribution is -0.137. The number of alkyl halides is 3. The topological polar surface area (TPSA) is 108 Å². The van der Waals surface area contributed by atoms with Crippen molar-refractivity contribution in [3.05, 3.63) is 59.7 Å². The Morgan fingerprint density at radius 1 is 1.06 bits per heavy atom. The average molecular weight is 474 g/mol. The molecule has 0 aromatic heterocycles. The van der Waals surface area contributed by atoms with E-state index in [0.717, 1.165) is 29.9 Å². The van der Waals surface area contributed by atoms with Crippen molar-refractivity contribution in [2.45, 2.75) is 31.5 Å². The molecule has 1 atom stereocenters. The lowest BCUT2D eigenvalue weighted by Gasteiger charge is -2.20. The first-order valence-corrected chi connectivity index (χ1v) is 10.5. The van der Waals surface area contributed by atoms with E-state index in [0.29, 0.717) is 0 Å². The monoisotopic (exact) mass is 474 g/mol. The Kier molecular flexibility index (Phi) is 5.80. The van der Waals surface area contributed by atoms with Crippen molar-refractivity contribution in [1.82, 2.24) is 10.2 Å². The van der Waals surface area contributed by atoms with Gasteiger partial charge in [-0.2, -0.15) is 13.2 Å². The highest BCUT2D eigenvalue weighted by molar-refractivity contribution is 6.10. The molecule has 1 saturated heterocycles. The molecule has 2 fully saturated rings. The molecule has 1 saturated carbocycles. The number of rotatable bonds is 6. The summed E-state index contributed by atoms with van der Waals surface area (Å²) in [7, 11) is 0. The van der Waals surface area contributed by atoms with Crippen LogP contribution in [0, 0.1) is 5.92 Å². The fourth-order valence-corrected chi connectivity index (χ4v) is 3.86. The van der Waals surface area contributed by atoms with E-state index in [-0.39, 0.29) is 22.9 Å². The van der Waals surface area contributed by atoms with Gasteiger partial charge in [-0.05, 0) is 62.1 Å². The SMILES string of the molecule is CC1(C2CC2)NC(=O)N(CC(=O)Nc2cccc(C(=O)Nc3cccc(C(F)(F)F)c3)c2)C1=O. The Morgan fingerprint density at radius 2 is 1.71 bits per heavy atom. The van der Waals surface area contributed by atoms with Crippen molar-refractivity contribution < 1.29 is 32.3 Å². The number of carbonyl (C=O) groups excluding carboxylic acids is 4. The Bertz CT molecular complexity index is 1180. The fourth-order valence-electron chi connectivity index (χ4n) is 3.86. The molecule has 1 heterocycles. The van der Waals surface area contributed by atoms with Gasteiger partial charge in [0.2, 0.25) is 5.91 Å². The first kappa shape index (κ1) is 23.3. The normalized spacial score (nSPS) is 20.2. The van der Waals surface area contributed by atoms with E-state index >= 15 is 0 Å². The summed E-state index contributed by atoms with van der Waals surface area (Å²) in [6.45, 7) is 1.16. The molecule has 1 aliphatic carbocycles. The van der Waals surface area contributed by atoms with Crippen molar-refractivity contribution in [3.8, 4) is 0 Å². The molecule has 34 heavy (non-hydrogen) atoms. The van der Waals surface area contributed by atoms with Gasteiger partial charge >= 0.3 is 12.2 Å². The molecule has 2 aromatic rings. The molecular weight excluding hydrogens is 453 g/mol. The molecule has 4 rings (SSSR count). The third kappa shape index (κ3) is 4.73. The van der Waals surface area contributed by atoms with Crippen LogP contribution in [-0.4, -0.2) is 40.7 Å². The molecule has 0 radical (unpaired) electrons. The highest BCUT2D eigenvalue weighted by Crippen LogP contribution is 2.42. The van der Waals surface area contributed by atoms with Gasteiger partial charge in [0, 0.05) is 16.9 Å². The minimum atomic E-state index is -4.55. The van der Waals surface area contributed by atoms with Crippen molar-refractivity contribution in [2.24, 2.45) is 5.92 Å². The number of anilines is 2. The lowest BCUT2D eigenvalue weighted by atomic mass is 9.96. The highest BCUT2D eigenvalue weighted by Gasteiger charge is 2.56. The largest absolute Gasteiger partial charge is 0.416 e. The number of halogens is 3. The second-order valence-electron chi connectivity index (χ2n) is 8.46. The third-order valence-electron chi connectivity index (χ3n) is 5.85. The average Bonchev–Trinajstić information content (AvgIpc) is 3.60. The molecule has 1 unspecified atom stereocenters. The summed E-state index contributed by atoms with van der Waals surface area (Å²) >= 11 is 0. The van der Waals surface area contributed by atoms with E-state index in [4.69, 9.17) is 0 Å². The first-order valence-electron chi connectivity index (χ1n) is 10.5. The molecule has 2 aliphatic rings. The van der Waals surface area contributed by atoms with Gasteiger partial charge in [0.1, 0.15) is 12.1 Å². The lowest BCUT2D eigenvalue weighted by Crippen LogP contribution is -2.46. The molecule has 2 aromatic carbocycles. The van der Waals surface area contributed by atoms with Gasteiger partial charge in [-0.3, -0.25) is 19.3 Å². The van der Waals surface area contributed by atoms with E-state index in [1.54, 1.807) is 6.92 Å². The van der Waals surface area contributed by atoms with Crippen molar-refractivity contribution in [1.29, 1.82) is 0 Å². The zero-order valence-corrected chi connectivity index (χ0v) is 18.0. The Morgan fingerprint density at radius 3 is 2.35 bits per heavy atom. The van der Waals surface area contributed by atoms with Crippen LogP contribution >= 0.6 is 0 Å². The maximum absolute atomic E-state index is 12.9. The molecule has 0 bridgehead atoms. The predicted octanol–water partition coefficient (Wildman–Crippen LogP) is 3.62. The van der Waals surface area contributed by atoms with Gasteiger partial charge in [0.25, 0.3) is 11.8 Å². The summed E-state index contributed by atoms with van der Waals surface area (Å²) in [6.07, 6.45) is -2.88. The van der Waals surface area contributed by atoms with E-state index in [9.17, 15) is 32.3 Å². The van der Waals surface area contributed by atoms with Gasteiger partial charge in [-0.1, -0.05) is 12.1 Å². The molecule has 5 amide bonds. The minimum absolute atomic E-state index is 0.0356. The highest BCUT2D eigenvalue weighted by atomic mass is 19.4. The summed E-state index contributed by atoms with van der Waals surface area (Å²) in [5.74, 6) is -1.71. The number of benzene rings is 2. The number of urea groups is 1. The third-order valence-corrected chi connectivity index (χ3v) is 5.85. The van der Waals surface area contributed by atoms with Crippen LogP contribution < -0.4 is 16.0 Å². The summed E-state index contributed by atoms with van der Waals surface area (Å²) in [5.41, 5.74) is -1.62. The van der Waals surface area contributed by atoms with E-state index in [1.807, 2.05) is 0 Å². The van der Waals surface area contributed by atoms with Crippen LogP contribution in [0.2, 0.25) is 0 Å². The molecule has 0 spiro atoms. The predicted molar refractivity (Wildman–Crippen MR) is 116 cm³/mol. The Labute approximate surface area is 192 Å². The van der Waals surface area contributed by atoms with Crippen LogP contribution in [0.15, 0.2) is 48.5 Å². The molecule has 178 valence electrons. The van der Waals surface area contributed by atoms with Gasteiger partial charge in [-0.15, -0.1) is 0 Å². The quantitative estimate of drug-likeness (QED) is 0.556. The zero-order valence-electron chi connectivity index (χ0n) is 18.0. The zero-order chi connectivity index (χ0) is 24.7. The van der Waals surface area contributed by atoms with E-state index < -0.39 is 47.6 Å². The molecule has 3 N–H and O–H groups in total. The first-order chi connectivity index (χ1) is 16.0. The maximum atomic E-state index is 12.9. The number of hydrogen-bond acceptors (Lipinski definition) is 4. The number of carbonyl (C=O) groups is 4. The van der Waals surface area contributed by atoms with E-state index in [2.05, 4.69) is 16.0 Å². The maximum Gasteiger partial charge on any atom is 0.416 e. The number of nitrogens with one attached hydrogen (secondary N) is 3. The summed E-state index contributed by atoms with van der Waals surface area (Å²) in [5, 5.41) is 7.57. The van der Waals surface area contributed by atoms with Crippen LogP contribution in [0.4, 0.5) is 29.3 Å². The Balaban J connectivity index is 1.40. The van der Waals surface area contributed by atoms with Crippen molar-refractivity contribution in [2.75, 3.05) is 17.2 Å². The second-order valence-corrected chi connectivity index (χ2v) is 8.46. The standard InChI is InChI=1S/C23H21F3N4O4/c1-22(14-8-9-14)20(33)30(21(34)29-22)12-18(31)27-16-6-2-4-13(10-16)19(32)28-17-7-3-5-15(11-17)23(24,25)26/h2-7,10-11,14H,8-9,12H2,1H3,(H,27,31)(H,28,32)(H,29,34). The summed E-state index contributed by atoms with van der Waals surface area (Å²) < 4.78 is 38.6. The van der Waals surface area contributed by atoms with Gasteiger partial charge < -0.3 is 16.0 Å². The van der Waals surface area contributed by atoms with Gasteiger partial charge in [0.05, 0.1) is 5.56 Å². The van der Waals surface area contributed by atoms with Gasteiger partial charge in [-0.25, -0.2) is 4.79 Å². The Hall–Kier alpha value is -3.89. The van der Waals surface area contributed by atoms with Crippen LogP contribution in [-0.2, 0) is 15.8 Å². The summed E-state index contributed by atoms with van der Waals surface area (Å²) in [6, 6.07) is 9.32. The van der Waals surface area contributed by atoms with E-state index in [1.165, 1.54) is 36.4 Å². The number of nitrogens with zero attached hydrogens (tertiary/aromatic N) is 1. The number of imide groups is 1. The fraction of sp³-hybridized carbons (Fsp3) is 0.304. The van der Waals surface area contributed by atoms with Crippen molar-refractivity contribution in [3.63, 3.8) is 0 Å². The molecule has 8 nitrogen and oxygen atoms in total. The van der Waals surface area contributed by atoms with Crippen LogP contribution in [0.5, 0.6) is 0 Å². The van der Waals surface area contributed by atoms with Crippen LogP contribution in [0.25, 0.3) is 0 Å². The van der Waals surface area contributed by atoms with Gasteiger partial charge in [0.15, 0.2) is 0 Å². The van der Waals surface area contributed by atoms with Crippen molar-refractivity contribution >= 4 is 35.1 Å².